The lowest BCUT2D eigenvalue weighted by atomic mass is 10.3. The lowest BCUT2D eigenvalue weighted by Crippen LogP contribution is -2.39. The summed E-state index contributed by atoms with van der Waals surface area (Å²) in [6, 6.07) is 6.54. The van der Waals surface area contributed by atoms with Crippen LogP contribution in [0, 0.1) is 5.82 Å². The van der Waals surface area contributed by atoms with Crippen molar-refractivity contribution < 1.29 is 9.18 Å². The summed E-state index contributed by atoms with van der Waals surface area (Å²) >= 11 is 1.32. The summed E-state index contributed by atoms with van der Waals surface area (Å²) in [5.41, 5.74) is 0.780. The van der Waals surface area contributed by atoms with Crippen LogP contribution in [0.25, 0.3) is 10.2 Å². The van der Waals surface area contributed by atoms with E-state index in [-0.39, 0.29) is 24.1 Å². The molecule has 1 amide bonds. The van der Waals surface area contributed by atoms with Crippen molar-refractivity contribution >= 4 is 45.0 Å². The van der Waals surface area contributed by atoms with E-state index in [0.717, 1.165) is 24.3 Å². The second-order valence-corrected chi connectivity index (χ2v) is 6.92. The molecular weight excluding hydrogens is 389 g/mol. The largest absolute Gasteiger partial charge is 0.302 e. The number of halogens is 2. The van der Waals surface area contributed by atoms with Gasteiger partial charge < -0.3 is 4.90 Å². The van der Waals surface area contributed by atoms with Gasteiger partial charge in [0.15, 0.2) is 5.13 Å². The Bertz CT molecular complexity index is 908. The van der Waals surface area contributed by atoms with E-state index in [9.17, 15) is 9.18 Å². The van der Waals surface area contributed by atoms with Crippen molar-refractivity contribution in [2.45, 2.75) is 13.8 Å². The Morgan fingerprint density at radius 2 is 1.96 bits per heavy atom. The molecule has 0 saturated carbocycles. The van der Waals surface area contributed by atoms with Gasteiger partial charge in [-0.1, -0.05) is 31.3 Å². The summed E-state index contributed by atoms with van der Waals surface area (Å²) in [4.78, 5) is 21.4. The Morgan fingerprint density at radius 1 is 1.22 bits per heavy atom. The van der Waals surface area contributed by atoms with Crippen molar-refractivity contribution in [1.82, 2.24) is 19.7 Å². The van der Waals surface area contributed by atoms with Crippen LogP contribution in [-0.4, -0.2) is 51.8 Å². The van der Waals surface area contributed by atoms with Gasteiger partial charge in [-0.15, -0.1) is 12.4 Å². The molecule has 0 aliphatic rings. The number of carbonyl (C=O) groups excluding carboxylic acids is 1. The number of benzene rings is 1. The molecule has 2 aromatic heterocycles. The van der Waals surface area contributed by atoms with Crippen molar-refractivity contribution in [3.63, 3.8) is 0 Å². The van der Waals surface area contributed by atoms with Crippen LogP contribution >= 0.6 is 23.7 Å². The maximum absolute atomic E-state index is 14.0. The van der Waals surface area contributed by atoms with Crippen molar-refractivity contribution in [1.29, 1.82) is 0 Å². The zero-order valence-corrected chi connectivity index (χ0v) is 17.2. The summed E-state index contributed by atoms with van der Waals surface area (Å²) < 4.78 is 16.3. The number of amides is 1. The van der Waals surface area contributed by atoms with Gasteiger partial charge in [-0.2, -0.15) is 5.10 Å². The Kier molecular flexibility index (Phi) is 7.29. The van der Waals surface area contributed by atoms with Gasteiger partial charge in [-0.25, -0.2) is 9.37 Å². The Morgan fingerprint density at radius 3 is 2.56 bits per heavy atom. The highest BCUT2D eigenvalue weighted by Gasteiger charge is 2.24. The first-order chi connectivity index (χ1) is 12.5. The van der Waals surface area contributed by atoms with E-state index < -0.39 is 0 Å². The van der Waals surface area contributed by atoms with Gasteiger partial charge >= 0.3 is 0 Å². The minimum Gasteiger partial charge on any atom is -0.302 e. The van der Waals surface area contributed by atoms with Crippen LogP contribution in [0.15, 0.2) is 30.5 Å². The lowest BCUT2D eigenvalue weighted by molar-refractivity contribution is 0.0974. The van der Waals surface area contributed by atoms with Crippen LogP contribution in [0.1, 0.15) is 24.3 Å². The van der Waals surface area contributed by atoms with Crippen LogP contribution in [0.3, 0.4) is 0 Å². The molecule has 0 saturated heterocycles. The third kappa shape index (κ3) is 4.45. The molecule has 3 rings (SSSR count). The SMILES string of the molecule is CCN(CC)CCN(C(=O)c1ccnn1C)c1nc2c(F)cccc2s1.Cl. The van der Waals surface area contributed by atoms with E-state index >= 15 is 0 Å². The molecule has 0 bridgehead atoms. The molecule has 3 aromatic rings. The quantitative estimate of drug-likeness (QED) is 0.596. The molecule has 1 aromatic carbocycles. The van der Waals surface area contributed by atoms with Gasteiger partial charge in [0, 0.05) is 26.3 Å². The second kappa shape index (κ2) is 9.25. The lowest BCUT2D eigenvalue weighted by Gasteiger charge is -2.24. The van der Waals surface area contributed by atoms with Crippen molar-refractivity contribution in [2.75, 3.05) is 31.1 Å². The number of rotatable bonds is 7. The van der Waals surface area contributed by atoms with Crippen molar-refractivity contribution in [2.24, 2.45) is 7.05 Å². The minimum absolute atomic E-state index is 0. The molecular formula is C18H23ClFN5OS. The third-order valence-corrected chi connectivity index (χ3v) is 5.45. The monoisotopic (exact) mass is 411 g/mol. The normalized spacial score (nSPS) is 11.0. The first-order valence-corrected chi connectivity index (χ1v) is 9.44. The van der Waals surface area contributed by atoms with E-state index in [4.69, 9.17) is 0 Å². The molecule has 27 heavy (non-hydrogen) atoms. The summed E-state index contributed by atoms with van der Waals surface area (Å²) in [6.45, 7) is 7.17. The van der Waals surface area contributed by atoms with Crippen LogP contribution in [0.5, 0.6) is 0 Å². The van der Waals surface area contributed by atoms with Gasteiger partial charge in [-0.05, 0) is 31.3 Å². The molecule has 0 aliphatic heterocycles. The predicted molar refractivity (Wildman–Crippen MR) is 109 cm³/mol. The summed E-state index contributed by atoms with van der Waals surface area (Å²) in [7, 11) is 1.73. The average molecular weight is 412 g/mol. The van der Waals surface area contributed by atoms with Crippen molar-refractivity contribution in [3.8, 4) is 0 Å². The molecule has 0 spiro atoms. The minimum atomic E-state index is -0.373. The number of fused-ring (bicyclic) bond motifs is 1. The van der Waals surface area contributed by atoms with Crippen molar-refractivity contribution in [3.05, 3.63) is 42.0 Å². The number of carbonyl (C=O) groups is 1. The fourth-order valence-corrected chi connectivity index (χ4v) is 3.81. The molecule has 0 N–H and O–H groups in total. The average Bonchev–Trinajstić information content (AvgIpc) is 3.25. The number of aryl methyl sites for hydroxylation is 1. The highest BCUT2D eigenvalue weighted by Crippen LogP contribution is 2.31. The number of hydrogen-bond donors (Lipinski definition) is 0. The highest BCUT2D eigenvalue weighted by atomic mass is 35.5. The van der Waals surface area contributed by atoms with E-state index in [1.807, 2.05) is 6.07 Å². The summed E-state index contributed by atoms with van der Waals surface area (Å²) in [6.07, 6.45) is 1.59. The fraction of sp³-hybridized carbons (Fsp3) is 0.389. The van der Waals surface area contributed by atoms with Gasteiger partial charge in [0.2, 0.25) is 0 Å². The molecule has 0 radical (unpaired) electrons. The van der Waals surface area contributed by atoms with Gasteiger partial charge in [-0.3, -0.25) is 14.4 Å². The summed E-state index contributed by atoms with van der Waals surface area (Å²) in [5.74, 6) is -0.557. The fourth-order valence-electron chi connectivity index (χ4n) is 2.81. The number of nitrogens with zero attached hydrogens (tertiary/aromatic N) is 5. The topological polar surface area (TPSA) is 54.3 Å². The maximum Gasteiger partial charge on any atom is 0.278 e. The molecule has 9 heteroatoms. The smallest absolute Gasteiger partial charge is 0.278 e. The Balaban J connectivity index is 0.00000261. The number of para-hydroxylation sites is 1. The number of thiazole rings is 1. The predicted octanol–water partition coefficient (Wildman–Crippen LogP) is 3.58. The zero-order valence-electron chi connectivity index (χ0n) is 15.6. The van der Waals surface area contributed by atoms with Crippen LogP contribution in [0.4, 0.5) is 9.52 Å². The van der Waals surface area contributed by atoms with Gasteiger partial charge in [0.25, 0.3) is 5.91 Å². The Labute approximate surface area is 168 Å². The molecule has 0 fully saturated rings. The number of anilines is 1. The molecule has 0 aliphatic carbocycles. The number of likely N-dealkylation sites (N-methyl/N-ethyl adjacent to an activating group) is 1. The van der Waals surface area contributed by atoms with Gasteiger partial charge in [0.1, 0.15) is 17.0 Å². The first kappa shape index (κ1) is 21.3. The van der Waals surface area contributed by atoms with Crippen LogP contribution < -0.4 is 4.90 Å². The van der Waals surface area contributed by atoms with Gasteiger partial charge in [0.05, 0.1) is 4.70 Å². The highest BCUT2D eigenvalue weighted by molar-refractivity contribution is 7.22. The third-order valence-electron chi connectivity index (χ3n) is 4.41. The zero-order chi connectivity index (χ0) is 18.7. The van der Waals surface area contributed by atoms with E-state index in [0.29, 0.717) is 22.9 Å². The van der Waals surface area contributed by atoms with E-state index in [1.165, 1.54) is 17.4 Å². The molecule has 6 nitrogen and oxygen atoms in total. The molecule has 0 unspecified atom stereocenters. The molecule has 2 heterocycles. The van der Waals surface area contributed by atoms with Crippen LogP contribution in [-0.2, 0) is 7.05 Å². The van der Waals surface area contributed by atoms with E-state index in [1.54, 1.807) is 35.0 Å². The van der Waals surface area contributed by atoms with Crippen LogP contribution in [0.2, 0.25) is 0 Å². The number of aromatic nitrogens is 3. The Hall–Kier alpha value is -2.03. The second-order valence-electron chi connectivity index (χ2n) is 5.91. The maximum atomic E-state index is 14.0. The van der Waals surface area contributed by atoms with E-state index in [2.05, 4.69) is 28.8 Å². The molecule has 0 atom stereocenters. The molecule has 146 valence electrons. The number of hydrogen-bond acceptors (Lipinski definition) is 5. The first-order valence-electron chi connectivity index (χ1n) is 8.62. The summed E-state index contributed by atoms with van der Waals surface area (Å²) in [5, 5.41) is 4.58. The standard InChI is InChI=1S/C18H22FN5OS.ClH/c1-4-23(5-2)11-12-24(17(25)14-9-10-20-22(14)3)18-21-16-13(19)7-6-8-15(16)26-18;/h6-10H,4-5,11-12H2,1-3H3;1H.